The molecule has 1 aromatic carbocycles. The second-order valence-corrected chi connectivity index (χ2v) is 4.82. The minimum absolute atomic E-state index is 0.158. The number of nitrogens with one attached hydrogen (secondary N) is 1. The van der Waals surface area contributed by atoms with E-state index in [4.69, 9.17) is 4.74 Å². The third kappa shape index (κ3) is 3.67. The van der Waals surface area contributed by atoms with Gasteiger partial charge in [-0.15, -0.1) is 0 Å². The van der Waals surface area contributed by atoms with Gasteiger partial charge in [-0.25, -0.2) is 0 Å². The lowest BCUT2D eigenvalue weighted by Gasteiger charge is -2.26. The Hall–Kier alpha value is -1.75. The first kappa shape index (κ1) is 15.6. The molecule has 0 fully saturated rings. The highest BCUT2D eigenvalue weighted by molar-refractivity contribution is 5.64. The van der Waals surface area contributed by atoms with E-state index in [-0.39, 0.29) is 6.10 Å². The van der Waals surface area contributed by atoms with E-state index in [1.54, 1.807) is 6.20 Å². The van der Waals surface area contributed by atoms with E-state index in [1.165, 1.54) is 23.7 Å². The molecule has 1 unspecified atom stereocenters. The summed E-state index contributed by atoms with van der Waals surface area (Å²) in [6.45, 7) is 1.66. The van der Waals surface area contributed by atoms with Crippen molar-refractivity contribution < 1.29 is 4.74 Å². The van der Waals surface area contributed by atoms with Crippen LogP contribution in [0.2, 0.25) is 0 Å². The van der Waals surface area contributed by atoms with Gasteiger partial charge in [0.1, 0.15) is 0 Å². The van der Waals surface area contributed by atoms with Crippen molar-refractivity contribution in [3.63, 3.8) is 0 Å². The third-order valence-corrected chi connectivity index (χ3v) is 3.57. The van der Waals surface area contributed by atoms with E-state index in [0.717, 1.165) is 25.1 Å². The van der Waals surface area contributed by atoms with Crippen LogP contribution in [0.15, 0.2) is 42.7 Å². The van der Waals surface area contributed by atoms with Crippen LogP contribution in [0.5, 0.6) is 0 Å². The molecule has 1 aliphatic rings. The van der Waals surface area contributed by atoms with Crippen LogP contribution >= 0.6 is 0 Å². The minimum atomic E-state index is 0.158. The fourth-order valence-corrected chi connectivity index (χ4v) is 2.59. The summed E-state index contributed by atoms with van der Waals surface area (Å²) in [5, 5.41) is 3.20. The predicted molar refractivity (Wildman–Crippen MR) is 86.1 cm³/mol. The molecule has 0 spiro atoms. The highest BCUT2D eigenvalue weighted by Gasteiger charge is 2.20. The number of fused-ring (bicyclic) bond motifs is 1. The van der Waals surface area contributed by atoms with Gasteiger partial charge in [-0.3, -0.25) is 4.98 Å². The predicted octanol–water partition coefficient (Wildman–Crippen LogP) is 2.16. The van der Waals surface area contributed by atoms with Gasteiger partial charge in [0, 0.05) is 18.9 Å². The molecular weight excluding hydrogens is 262 g/mol. The molecule has 1 atom stereocenters. The molecule has 1 aliphatic heterocycles. The Morgan fingerprint density at radius 2 is 2.14 bits per heavy atom. The molecule has 3 N–H and O–H groups in total. The first-order chi connectivity index (χ1) is 10.4. The monoisotopic (exact) mass is 285 g/mol. The fourth-order valence-electron chi connectivity index (χ4n) is 2.59. The summed E-state index contributed by atoms with van der Waals surface area (Å²) in [4.78, 5) is 4.18. The molecule has 112 valence electrons. The van der Waals surface area contributed by atoms with Crippen molar-refractivity contribution in [2.75, 3.05) is 27.2 Å². The number of ether oxygens (including phenoxy) is 1. The molecule has 4 heteroatoms. The lowest BCUT2D eigenvalue weighted by molar-refractivity contribution is 0.0439. The second-order valence-electron chi connectivity index (χ2n) is 4.82. The maximum atomic E-state index is 5.86. The highest BCUT2D eigenvalue weighted by Crippen LogP contribution is 2.30. The number of hydrogen-bond donors (Lipinski definition) is 2. The average molecular weight is 285 g/mol. The zero-order valence-electron chi connectivity index (χ0n) is 12.7. The molecule has 0 amide bonds. The van der Waals surface area contributed by atoms with Crippen molar-refractivity contribution in [1.82, 2.24) is 10.3 Å². The maximum absolute atomic E-state index is 5.86. The summed E-state index contributed by atoms with van der Waals surface area (Å²) >= 11 is 0. The van der Waals surface area contributed by atoms with Gasteiger partial charge in [0.25, 0.3) is 0 Å². The van der Waals surface area contributed by atoms with E-state index in [1.807, 2.05) is 19.3 Å². The van der Waals surface area contributed by atoms with Crippen molar-refractivity contribution in [2.24, 2.45) is 5.73 Å². The van der Waals surface area contributed by atoms with Crippen molar-refractivity contribution >= 4 is 0 Å². The molecular formula is C17H23N3O. The Morgan fingerprint density at radius 3 is 2.86 bits per heavy atom. The first-order valence-electron chi connectivity index (χ1n) is 7.25. The lowest BCUT2D eigenvalue weighted by atomic mass is 9.93. The molecule has 0 radical (unpaired) electrons. The quantitative estimate of drug-likeness (QED) is 0.907. The molecule has 21 heavy (non-hydrogen) atoms. The van der Waals surface area contributed by atoms with Gasteiger partial charge in [0.05, 0.1) is 12.7 Å². The summed E-state index contributed by atoms with van der Waals surface area (Å²) in [5.41, 5.74) is 9.57. The summed E-state index contributed by atoms with van der Waals surface area (Å²) in [7, 11) is 3.46. The third-order valence-electron chi connectivity index (χ3n) is 3.57. The molecule has 0 saturated heterocycles. The number of nitrogens with zero attached hydrogens (tertiary/aromatic N) is 1. The van der Waals surface area contributed by atoms with E-state index >= 15 is 0 Å². The van der Waals surface area contributed by atoms with Crippen molar-refractivity contribution in [2.45, 2.75) is 12.5 Å². The molecule has 0 bridgehead atoms. The minimum Gasteiger partial charge on any atom is -0.372 e. The maximum Gasteiger partial charge on any atom is 0.0952 e. The van der Waals surface area contributed by atoms with Gasteiger partial charge in [-0.2, -0.15) is 0 Å². The zero-order valence-corrected chi connectivity index (χ0v) is 12.7. The van der Waals surface area contributed by atoms with Crippen LogP contribution in [0.3, 0.4) is 0 Å². The topological polar surface area (TPSA) is 60.2 Å². The zero-order chi connectivity index (χ0) is 15.1. The summed E-state index contributed by atoms with van der Waals surface area (Å²) in [5.74, 6) is 0. The van der Waals surface area contributed by atoms with Crippen LogP contribution in [-0.4, -0.2) is 32.2 Å². The van der Waals surface area contributed by atoms with E-state index < -0.39 is 0 Å². The summed E-state index contributed by atoms with van der Waals surface area (Å²) in [6, 6.07) is 10.7. The van der Waals surface area contributed by atoms with Crippen LogP contribution in [0.25, 0.3) is 11.1 Å². The number of pyridine rings is 1. The molecule has 2 aromatic rings. The number of rotatable bonds is 3. The van der Waals surface area contributed by atoms with Gasteiger partial charge in [0.2, 0.25) is 0 Å². The Morgan fingerprint density at radius 1 is 1.29 bits per heavy atom. The van der Waals surface area contributed by atoms with Crippen LogP contribution < -0.4 is 11.1 Å². The van der Waals surface area contributed by atoms with Crippen molar-refractivity contribution in [1.29, 1.82) is 0 Å². The molecule has 4 nitrogen and oxygen atoms in total. The first-order valence-corrected chi connectivity index (χ1v) is 7.25. The van der Waals surface area contributed by atoms with Crippen LogP contribution in [-0.2, 0) is 11.2 Å². The van der Waals surface area contributed by atoms with E-state index in [2.05, 4.69) is 40.3 Å². The normalized spacial score (nSPS) is 16.6. The molecule has 2 heterocycles. The van der Waals surface area contributed by atoms with Gasteiger partial charge < -0.3 is 15.8 Å². The summed E-state index contributed by atoms with van der Waals surface area (Å²) in [6.07, 6.45) is 4.86. The van der Waals surface area contributed by atoms with Crippen LogP contribution in [0, 0.1) is 0 Å². The van der Waals surface area contributed by atoms with E-state index in [0.29, 0.717) is 0 Å². The SMILES string of the molecule is CN.CNCC1OCCc2ccc(-c3cccnc3)cc21. The second kappa shape index (κ2) is 7.88. The summed E-state index contributed by atoms with van der Waals surface area (Å²) < 4.78 is 5.86. The largest absolute Gasteiger partial charge is 0.372 e. The smallest absolute Gasteiger partial charge is 0.0952 e. The Labute approximate surface area is 126 Å². The van der Waals surface area contributed by atoms with Crippen molar-refractivity contribution in [3.8, 4) is 11.1 Å². The molecule has 3 rings (SSSR count). The lowest BCUT2D eigenvalue weighted by Crippen LogP contribution is -2.25. The van der Waals surface area contributed by atoms with Gasteiger partial charge in [0.15, 0.2) is 0 Å². The number of nitrogens with two attached hydrogens (primary N) is 1. The number of hydrogen-bond acceptors (Lipinski definition) is 4. The van der Waals surface area contributed by atoms with Gasteiger partial charge in [-0.1, -0.05) is 18.2 Å². The van der Waals surface area contributed by atoms with Crippen LogP contribution in [0.1, 0.15) is 17.2 Å². The Kier molecular flexibility index (Phi) is 5.87. The molecule has 0 saturated carbocycles. The standard InChI is InChI=1S/C16H18N2O.CH5N/c1-17-11-16-15-9-13(14-3-2-7-18-10-14)5-4-12(15)6-8-19-16;1-2/h2-5,7,9-10,16-17H,6,8,11H2,1H3;2H2,1H3. The Balaban J connectivity index is 0.000000774. The molecule has 0 aliphatic carbocycles. The average Bonchev–Trinajstić information content (AvgIpc) is 2.58. The highest BCUT2D eigenvalue weighted by atomic mass is 16.5. The van der Waals surface area contributed by atoms with Gasteiger partial charge in [-0.05, 0) is 54.9 Å². The number of aromatic nitrogens is 1. The Bertz CT molecular complexity index is 557. The fraction of sp³-hybridized carbons (Fsp3) is 0.353. The van der Waals surface area contributed by atoms with Crippen LogP contribution in [0.4, 0.5) is 0 Å². The van der Waals surface area contributed by atoms with Gasteiger partial charge >= 0.3 is 0 Å². The number of benzene rings is 1. The van der Waals surface area contributed by atoms with E-state index in [9.17, 15) is 0 Å². The number of likely N-dealkylation sites (N-methyl/N-ethyl adjacent to an activating group) is 1. The van der Waals surface area contributed by atoms with Crippen molar-refractivity contribution in [3.05, 3.63) is 53.9 Å². The molecule has 1 aromatic heterocycles.